The zero-order valence-electron chi connectivity index (χ0n) is 35.4. The van der Waals surface area contributed by atoms with Crippen molar-refractivity contribution in [1.82, 2.24) is 0 Å². The van der Waals surface area contributed by atoms with Crippen LogP contribution in [0.1, 0.15) is 120 Å². The summed E-state index contributed by atoms with van der Waals surface area (Å²) in [7, 11) is -4.24. The van der Waals surface area contributed by atoms with Crippen molar-refractivity contribution in [3.05, 3.63) is 54.6 Å². The van der Waals surface area contributed by atoms with Gasteiger partial charge >= 0.3 is 0 Å². The molecule has 3 aromatic carbocycles. The molecule has 1 fully saturated rings. The number of anilines is 1. The van der Waals surface area contributed by atoms with Crippen LogP contribution in [0.5, 0.6) is 0 Å². The molecule has 4 atom stereocenters. The number of hydrogen-bond donors (Lipinski definition) is 1. The molecular formula is C44H69NO7Si2. The molecular weight excluding hydrogens is 711 g/mol. The van der Waals surface area contributed by atoms with Crippen LogP contribution < -0.4 is 5.32 Å². The Kier molecular flexibility index (Phi) is 14.7. The number of carbonyl (C=O) groups excluding carboxylic acids is 2. The Hall–Kier alpha value is -2.77. The van der Waals surface area contributed by atoms with Crippen molar-refractivity contribution in [2.45, 2.75) is 174 Å². The van der Waals surface area contributed by atoms with Gasteiger partial charge in [0, 0.05) is 29.5 Å². The maximum atomic E-state index is 12.7. The molecule has 54 heavy (non-hydrogen) atoms. The van der Waals surface area contributed by atoms with Gasteiger partial charge in [-0.2, -0.15) is 0 Å². The van der Waals surface area contributed by atoms with Crippen molar-refractivity contribution in [2.24, 2.45) is 5.92 Å². The van der Waals surface area contributed by atoms with E-state index >= 15 is 0 Å². The number of nitrogens with one attached hydrogen (secondary N) is 1. The maximum Gasteiger partial charge on any atom is 0.292 e. The molecule has 8 nitrogen and oxygen atoms in total. The molecule has 1 heterocycles. The van der Waals surface area contributed by atoms with E-state index in [9.17, 15) is 9.59 Å². The average molecular weight is 780 g/mol. The largest absolute Gasteiger partial charge is 0.519 e. The standard InChI is InChI=1S/C44H69NO7Si2/c1-32(23-15-13-16-28-37(46)50-53(9,10)42(2,3)4)40-48-41(45-39-35-26-20-18-24-33(35)31-34-25-19-21-27-36(34)39)44(8,52-49-40)30-22-14-17-29-38(47)51-54(11,12)43(5,6)7/h18-21,24-27,31-32,40-41,45H,13-17,22-23,28-30H2,1-12H3. The average Bonchev–Trinajstić information content (AvgIpc) is 3.07. The molecule has 0 aliphatic carbocycles. The summed E-state index contributed by atoms with van der Waals surface area (Å²) in [6.45, 7) is 25.5. The maximum absolute atomic E-state index is 12.7. The van der Waals surface area contributed by atoms with Crippen LogP contribution >= 0.6 is 0 Å². The van der Waals surface area contributed by atoms with Crippen molar-refractivity contribution in [3.63, 3.8) is 0 Å². The van der Waals surface area contributed by atoms with Crippen molar-refractivity contribution in [3.8, 4) is 0 Å². The van der Waals surface area contributed by atoms with Gasteiger partial charge < -0.3 is 18.9 Å². The van der Waals surface area contributed by atoms with E-state index in [1.165, 1.54) is 0 Å². The minimum Gasteiger partial charge on any atom is -0.519 e. The third-order valence-corrected chi connectivity index (χ3v) is 20.8. The first kappa shape index (κ1) is 44.0. The number of rotatable bonds is 17. The summed E-state index contributed by atoms with van der Waals surface area (Å²) in [5.41, 5.74) is 0.218. The number of unbranched alkanes of at least 4 members (excludes halogenated alkanes) is 4. The second-order valence-corrected chi connectivity index (χ2v) is 28.3. The lowest BCUT2D eigenvalue weighted by Crippen LogP contribution is -2.56. The highest BCUT2D eigenvalue weighted by Gasteiger charge is 2.46. The molecule has 300 valence electrons. The summed E-state index contributed by atoms with van der Waals surface area (Å²) >= 11 is 0. The van der Waals surface area contributed by atoms with Gasteiger partial charge in [-0.3, -0.25) is 9.59 Å². The normalized spacial score (nSPS) is 20.5. The van der Waals surface area contributed by atoms with Crippen LogP contribution in [0.3, 0.4) is 0 Å². The summed E-state index contributed by atoms with van der Waals surface area (Å²) in [6.07, 6.45) is 6.47. The van der Waals surface area contributed by atoms with Crippen molar-refractivity contribution in [2.75, 3.05) is 5.32 Å². The molecule has 4 unspecified atom stereocenters. The highest BCUT2D eigenvalue weighted by atomic mass is 28.4. The second kappa shape index (κ2) is 18.0. The van der Waals surface area contributed by atoms with Crippen LogP contribution in [-0.2, 0) is 33.0 Å². The SMILES string of the molecule is CC(CCCCCC(=O)O[Si](C)(C)C(C)(C)C)C1OOC(C)(CCCCCC(=O)O[Si](C)(C)C(C)(C)C)C(Nc2c3ccccc3cc3ccccc23)O1. The third kappa shape index (κ3) is 11.4. The predicted molar refractivity (Wildman–Crippen MR) is 226 cm³/mol. The Morgan fingerprint density at radius 2 is 1.24 bits per heavy atom. The minimum absolute atomic E-state index is 0.00405. The van der Waals surface area contributed by atoms with Gasteiger partial charge in [0.25, 0.3) is 28.6 Å². The Labute approximate surface area is 327 Å². The van der Waals surface area contributed by atoms with E-state index < -0.39 is 34.8 Å². The van der Waals surface area contributed by atoms with Gasteiger partial charge in [-0.05, 0) is 85.7 Å². The molecule has 0 radical (unpaired) electrons. The summed E-state index contributed by atoms with van der Waals surface area (Å²) < 4.78 is 18.8. The van der Waals surface area contributed by atoms with Crippen LogP contribution in [0.2, 0.25) is 36.3 Å². The Balaban J connectivity index is 1.41. The highest BCUT2D eigenvalue weighted by molar-refractivity contribution is 6.75. The van der Waals surface area contributed by atoms with E-state index in [0.29, 0.717) is 19.3 Å². The molecule has 4 rings (SSSR count). The fourth-order valence-corrected chi connectivity index (χ4v) is 8.29. The molecule has 0 spiro atoms. The summed E-state index contributed by atoms with van der Waals surface area (Å²) in [5.74, 6) is -0.116. The first-order chi connectivity index (χ1) is 25.1. The lowest BCUT2D eigenvalue weighted by molar-refractivity contribution is -0.491. The first-order valence-corrected chi connectivity index (χ1v) is 26.1. The predicted octanol–water partition coefficient (Wildman–Crippen LogP) is 12.4. The van der Waals surface area contributed by atoms with Gasteiger partial charge in [0.2, 0.25) is 0 Å². The summed E-state index contributed by atoms with van der Waals surface area (Å²) in [6, 6.07) is 19.1. The van der Waals surface area contributed by atoms with Crippen molar-refractivity contribution >= 4 is 55.8 Å². The summed E-state index contributed by atoms with van der Waals surface area (Å²) in [4.78, 5) is 37.8. The molecule has 0 bridgehead atoms. The van der Waals surface area contributed by atoms with E-state index in [1.807, 2.05) is 6.92 Å². The van der Waals surface area contributed by atoms with Crippen LogP contribution in [-0.4, -0.2) is 46.7 Å². The van der Waals surface area contributed by atoms with Gasteiger partial charge in [-0.1, -0.05) is 123 Å². The molecule has 10 heteroatoms. The number of ether oxygens (including phenoxy) is 1. The molecule has 0 amide bonds. The Morgan fingerprint density at radius 1 is 0.759 bits per heavy atom. The van der Waals surface area contributed by atoms with E-state index in [4.69, 9.17) is 23.4 Å². The highest BCUT2D eigenvalue weighted by Crippen LogP contribution is 2.41. The number of carbonyl (C=O) groups is 2. The van der Waals surface area contributed by atoms with Crippen LogP contribution in [0.4, 0.5) is 5.69 Å². The van der Waals surface area contributed by atoms with Crippen molar-refractivity contribution < 1.29 is 33.0 Å². The van der Waals surface area contributed by atoms with Crippen LogP contribution in [0.15, 0.2) is 54.6 Å². The van der Waals surface area contributed by atoms with Gasteiger partial charge in [0.1, 0.15) is 5.60 Å². The van der Waals surface area contributed by atoms with E-state index in [-0.39, 0.29) is 27.9 Å². The van der Waals surface area contributed by atoms with Gasteiger partial charge in [-0.25, -0.2) is 9.78 Å². The lowest BCUT2D eigenvalue weighted by Gasteiger charge is -2.45. The third-order valence-electron chi connectivity index (χ3n) is 12.1. The van der Waals surface area contributed by atoms with Crippen LogP contribution in [0.25, 0.3) is 21.5 Å². The van der Waals surface area contributed by atoms with Gasteiger partial charge in [0.05, 0.1) is 5.69 Å². The number of benzene rings is 3. The molecule has 1 N–H and O–H groups in total. The molecule has 0 saturated carbocycles. The second-order valence-electron chi connectivity index (χ2n) is 18.8. The van der Waals surface area contributed by atoms with Gasteiger partial charge in [-0.15, -0.1) is 0 Å². The topological polar surface area (TPSA) is 92.3 Å². The fourth-order valence-electron chi connectivity index (χ4n) is 6.34. The molecule has 1 aliphatic heterocycles. The number of fused-ring (bicyclic) bond motifs is 2. The van der Waals surface area contributed by atoms with E-state index in [0.717, 1.165) is 72.2 Å². The fraction of sp³-hybridized carbons (Fsp3) is 0.636. The van der Waals surface area contributed by atoms with E-state index in [2.05, 4.69) is 135 Å². The van der Waals surface area contributed by atoms with Crippen LogP contribution in [0, 0.1) is 5.92 Å². The monoisotopic (exact) mass is 779 g/mol. The Morgan fingerprint density at radius 3 is 1.74 bits per heavy atom. The molecule has 1 aliphatic rings. The molecule has 3 aromatic rings. The Bertz CT molecular complexity index is 1660. The van der Waals surface area contributed by atoms with Gasteiger partial charge in [0.15, 0.2) is 12.5 Å². The van der Waals surface area contributed by atoms with Crippen molar-refractivity contribution in [1.29, 1.82) is 0 Å². The number of hydrogen-bond acceptors (Lipinski definition) is 8. The smallest absolute Gasteiger partial charge is 0.292 e. The minimum atomic E-state index is -2.14. The zero-order chi connectivity index (χ0) is 40.0. The molecule has 0 aromatic heterocycles. The quantitative estimate of drug-likeness (QED) is 0.0627. The lowest BCUT2D eigenvalue weighted by atomic mass is 9.93. The summed E-state index contributed by atoms with van der Waals surface area (Å²) in [5, 5.41) is 8.34. The molecule has 1 saturated heterocycles. The van der Waals surface area contributed by atoms with E-state index in [1.54, 1.807) is 0 Å². The first-order valence-electron chi connectivity index (χ1n) is 20.2. The zero-order valence-corrected chi connectivity index (χ0v) is 37.4.